The monoisotopic (exact) mass is 335 g/mol. The predicted octanol–water partition coefficient (Wildman–Crippen LogP) is 5.89. The predicted molar refractivity (Wildman–Crippen MR) is 99.4 cm³/mol. The van der Waals surface area contributed by atoms with Gasteiger partial charge in [-0.05, 0) is 31.5 Å². The van der Waals surface area contributed by atoms with Crippen LogP contribution in [0.1, 0.15) is 83.6 Å². The highest BCUT2D eigenvalue weighted by molar-refractivity contribution is 6.00. The Morgan fingerprint density at radius 1 is 0.958 bits per heavy atom. The first kappa shape index (κ1) is 20.3. The van der Waals surface area contributed by atoms with Gasteiger partial charge in [-0.15, -0.1) is 0 Å². The number of oxime groups is 1. The lowest BCUT2D eigenvalue weighted by Crippen LogP contribution is -2.00. The first-order valence-electron chi connectivity index (χ1n) is 9.34. The van der Waals surface area contributed by atoms with Crippen molar-refractivity contribution in [3.63, 3.8) is 0 Å². The molecule has 2 N–H and O–H groups in total. The Hall–Kier alpha value is -1.71. The molecular weight excluding hydrogens is 302 g/mol. The van der Waals surface area contributed by atoms with Crippen LogP contribution in [0.2, 0.25) is 0 Å². The minimum atomic E-state index is 0.0941. The summed E-state index contributed by atoms with van der Waals surface area (Å²) in [6.07, 6.45) is 13.0. The summed E-state index contributed by atoms with van der Waals surface area (Å²) in [5, 5.41) is 21.7. The van der Waals surface area contributed by atoms with Crippen LogP contribution in [0.5, 0.6) is 11.5 Å². The van der Waals surface area contributed by atoms with Crippen molar-refractivity contribution in [3.05, 3.63) is 23.8 Å². The zero-order chi connectivity index (χ0) is 17.6. The lowest BCUT2D eigenvalue weighted by molar-refractivity contribution is 0.303. The molecule has 0 aromatic heterocycles. The molecule has 0 unspecified atom stereocenters. The van der Waals surface area contributed by atoms with Crippen LogP contribution in [0.4, 0.5) is 0 Å². The lowest BCUT2D eigenvalue weighted by atomic mass is 10.1. The summed E-state index contributed by atoms with van der Waals surface area (Å²) >= 11 is 0. The Morgan fingerprint density at radius 3 is 2.12 bits per heavy atom. The Bertz CT molecular complexity index is 486. The van der Waals surface area contributed by atoms with E-state index in [4.69, 9.17) is 9.94 Å². The maximum absolute atomic E-state index is 9.75. The quantitative estimate of drug-likeness (QED) is 0.204. The zero-order valence-electron chi connectivity index (χ0n) is 15.3. The minimum Gasteiger partial charge on any atom is -0.507 e. The molecule has 0 aliphatic heterocycles. The second kappa shape index (κ2) is 12.7. The molecule has 0 radical (unpaired) electrons. The highest BCUT2D eigenvalue weighted by Crippen LogP contribution is 2.24. The van der Waals surface area contributed by atoms with Gasteiger partial charge < -0.3 is 15.1 Å². The Labute approximate surface area is 146 Å². The van der Waals surface area contributed by atoms with Gasteiger partial charge in [0, 0.05) is 5.56 Å². The summed E-state index contributed by atoms with van der Waals surface area (Å²) in [6.45, 7) is 4.57. The van der Waals surface area contributed by atoms with Crippen molar-refractivity contribution >= 4 is 5.71 Å². The standard InChI is InChI=1S/C20H33NO3/c1-3-4-5-6-7-8-9-10-11-12-15-24-18-13-14-20(22)19(16-18)17(2)21-23/h13-14,16,22-23H,3-12,15H2,1-2H3/b21-17+. The van der Waals surface area contributed by atoms with Crippen molar-refractivity contribution in [1.82, 2.24) is 0 Å². The zero-order valence-corrected chi connectivity index (χ0v) is 15.3. The fourth-order valence-electron chi connectivity index (χ4n) is 2.73. The van der Waals surface area contributed by atoms with E-state index in [1.54, 1.807) is 25.1 Å². The van der Waals surface area contributed by atoms with Gasteiger partial charge in [-0.1, -0.05) is 69.9 Å². The number of ether oxygens (including phenoxy) is 1. The Balaban J connectivity index is 2.11. The third-order valence-electron chi connectivity index (χ3n) is 4.27. The molecule has 0 saturated heterocycles. The minimum absolute atomic E-state index is 0.0941. The molecule has 0 spiro atoms. The molecule has 0 atom stereocenters. The summed E-state index contributed by atoms with van der Waals surface area (Å²) in [6, 6.07) is 5.01. The topological polar surface area (TPSA) is 62.0 Å². The molecule has 0 bridgehead atoms. The van der Waals surface area contributed by atoms with Crippen LogP contribution in [0.25, 0.3) is 0 Å². The molecule has 1 aromatic rings. The second-order valence-corrected chi connectivity index (χ2v) is 6.39. The third kappa shape index (κ3) is 8.23. The normalized spacial score (nSPS) is 11.7. The van der Waals surface area contributed by atoms with Crippen LogP contribution in [0, 0.1) is 0 Å². The van der Waals surface area contributed by atoms with E-state index in [1.807, 2.05) is 0 Å². The average Bonchev–Trinajstić information content (AvgIpc) is 2.60. The van der Waals surface area contributed by atoms with E-state index in [9.17, 15) is 5.11 Å². The van der Waals surface area contributed by atoms with Gasteiger partial charge in [0.1, 0.15) is 11.5 Å². The molecule has 1 rings (SSSR count). The Morgan fingerprint density at radius 2 is 1.54 bits per heavy atom. The van der Waals surface area contributed by atoms with E-state index in [1.165, 1.54) is 57.8 Å². The molecule has 0 amide bonds. The lowest BCUT2D eigenvalue weighted by Gasteiger charge is -2.09. The number of hydrogen-bond acceptors (Lipinski definition) is 4. The largest absolute Gasteiger partial charge is 0.507 e. The fraction of sp³-hybridized carbons (Fsp3) is 0.650. The molecule has 4 heteroatoms. The first-order valence-corrected chi connectivity index (χ1v) is 9.34. The van der Waals surface area contributed by atoms with Crippen LogP contribution in [0.3, 0.4) is 0 Å². The van der Waals surface area contributed by atoms with E-state index >= 15 is 0 Å². The van der Waals surface area contributed by atoms with Crippen LogP contribution in [0.15, 0.2) is 23.4 Å². The van der Waals surface area contributed by atoms with Gasteiger partial charge in [0.15, 0.2) is 0 Å². The third-order valence-corrected chi connectivity index (χ3v) is 4.27. The molecule has 24 heavy (non-hydrogen) atoms. The number of hydrogen-bond donors (Lipinski definition) is 2. The Kier molecular flexibility index (Phi) is 10.7. The molecule has 136 valence electrons. The van der Waals surface area contributed by atoms with Crippen LogP contribution < -0.4 is 4.74 Å². The maximum Gasteiger partial charge on any atom is 0.125 e. The fourth-order valence-corrected chi connectivity index (χ4v) is 2.73. The molecule has 0 saturated carbocycles. The number of phenols is 1. The van der Waals surface area contributed by atoms with E-state index < -0.39 is 0 Å². The van der Waals surface area contributed by atoms with E-state index in [0.29, 0.717) is 23.6 Å². The number of phenolic OH excluding ortho intramolecular Hbond substituents is 1. The van der Waals surface area contributed by atoms with Gasteiger partial charge in [0.2, 0.25) is 0 Å². The number of rotatable bonds is 13. The molecular formula is C20H33NO3. The highest BCUT2D eigenvalue weighted by atomic mass is 16.5. The maximum atomic E-state index is 9.75. The molecule has 4 nitrogen and oxygen atoms in total. The number of benzene rings is 1. The second-order valence-electron chi connectivity index (χ2n) is 6.39. The summed E-state index contributed by atoms with van der Waals surface area (Å²) in [5.74, 6) is 0.790. The summed E-state index contributed by atoms with van der Waals surface area (Å²) in [4.78, 5) is 0. The number of aromatic hydroxyl groups is 1. The van der Waals surface area contributed by atoms with Gasteiger partial charge in [-0.25, -0.2) is 0 Å². The van der Waals surface area contributed by atoms with Crippen molar-refractivity contribution in [1.29, 1.82) is 0 Å². The molecule has 0 heterocycles. The van der Waals surface area contributed by atoms with Crippen LogP contribution in [-0.2, 0) is 0 Å². The van der Waals surface area contributed by atoms with Crippen LogP contribution in [-0.4, -0.2) is 22.6 Å². The van der Waals surface area contributed by atoms with Gasteiger partial charge in [-0.2, -0.15) is 0 Å². The van der Waals surface area contributed by atoms with E-state index in [0.717, 1.165) is 6.42 Å². The average molecular weight is 335 g/mol. The van der Waals surface area contributed by atoms with Gasteiger partial charge in [-0.3, -0.25) is 0 Å². The highest BCUT2D eigenvalue weighted by Gasteiger charge is 2.07. The molecule has 0 aliphatic rings. The SMILES string of the molecule is CCCCCCCCCCCCOc1ccc(O)c(/C(C)=N/O)c1. The molecule has 0 fully saturated rings. The van der Waals surface area contributed by atoms with Gasteiger partial charge in [0.25, 0.3) is 0 Å². The summed E-state index contributed by atoms with van der Waals surface area (Å²) in [7, 11) is 0. The molecule has 1 aromatic carbocycles. The summed E-state index contributed by atoms with van der Waals surface area (Å²) < 4.78 is 5.72. The van der Waals surface area contributed by atoms with Gasteiger partial charge in [0.05, 0.1) is 12.3 Å². The van der Waals surface area contributed by atoms with Gasteiger partial charge >= 0.3 is 0 Å². The van der Waals surface area contributed by atoms with Crippen molar-refractivity contribution in [3.8, 4) is 11.5 Å². The number of nitrogens with zero attached hydrogens (tertiary/aromatic N) is 1. The smallest absolute Gasteiger partial charge is 0.125 e. The van der Waals surface area contributed by atoms with Crippen molar-refractivity contribution in [2.45, 2.75) is 78.1 Å². The molecule has 0 aliphatic carbocycles. The number of unbranched alkanes of at least 4 members (excludes halogenated alkanes) is 9. The first-order chi connectivity index (χ1) is 11.7. The van der Waals surface area contributed by atoms with Crippen molar-refractivity contribution < 1.29 is 15.1 Å². The van der Waals surface area contributed by atoms with Crippen LogP contribution >= 0.6 is 0 Å². The van der Waals surface area contributed by atoms with Crippen molar-refractivity contribution in [2.24, 2.45) is 5.16 Å². The van der Waals surface area contributed by atoms with Crippen molar-refractivity contribution in [2.75, 3.05) is 6.61 Å². The van der Waals surface area contributed by atoms with E-state index in [2.05, 4.69) is 12.1 Å². The van der Waals surface area contributed by atoms with E-state index in [-0.39, 0.29) is 5.75 Å². The summed E-state index contributed by atoms with van der Waals surface area (Å²) in [5.41, 5.74) is 0.870.